The van der Waals surface area contributed by atoms with Crippen molar-refractivity contribution in [3.05, 3.63) is 30.3 Å². The molecule has 1 aliphatic rings. The summed E-state index contributed by atoms with van der Waals surface area (Å²) >= 11 is 2.00. The monoisotopic (exact) mass is 339 g/mol. The van der Waals surface area contributed by atoms with Crippen LogP contribution in [0.3, 0.4) is 0 Å². The van der Waals surface area contributed by atoms with Gasteiger partial charge in [-0.2, -0.15) is 11.8 Å². The lowest BCUT2D eigenvalue weighted by Gasteiger charge is -2.39. The second-order valence-electron chi connectivity index (χ2n) is 5.87. The van der Waals surface area contributed by atoms with E-state index in [4.69, 9.17) is 0 Å². The van der Waals surface area contributed by atoms with Crippen LogP contribution in [0.15, 0.2) is 40.2 Å². The predicted octanol–water partition coefficient (Wildman–Crippen LogP) is 2.20. The fourth-order valence-corrected chi connectivity index (χ4v) is 4.57. The Morgan fingerprint density at radius 3 is 2.77 bits per heavy atom. The number of rotatable bonds is 4. The van der Waals surface area contributed by atoms with Gasteiger partial charge < -0.3 is 10.2 Å². The zero-order valence-electron chi connectivity index (χ0n) is 13.5. The van der Waals surface area contributed by atoms with Crippen molar-refractivity contribution in [2.45, 2.75) is 23.5 Å². The van der Waals surface area contributed by atoms with Gasteiger partial charge in [0.2, 0.25) is 0 Å². The predicted molar refractivity (Wildman–Crippen MR) is 97.2 cm³/mol. The zero-order valence-corrected chi connectivity index (χ0v) is 15.2. The minimum atomic E-state index is -0.962. The molecule has 1 aliphatic heterocycles. The lowest BCUT2D eigenvalue weighted by molar-refractivity contribution is 0.377. The number of nitrogens with zero attached hydrogens (tertiary/aromatic N) is 2. The summed E-state index contributed by atoms with van der Waals surface area (Å²) in [4.78, 5) is 7.55. The number of nitrogens with one attached hydrogen (secondary N) is 1. The van der Waals surface area contributed by atoms with Gasteiger partial charge in [0.1, 0.15) is 0 Å². The highest BCUT2D eigenvalue weighted by Crippen LogP contribution is 2.29. The first-order valence-electron chi connectivity index (χ1n) is 7.55. The van der Waals surface area contributed by atoms with Crippen molar-refractivity contribution in [1.82, 2.24) is 10.2 Å². The summed E-state index contributed by atoms with van der Waals surface area (Å²) in [6.07, 6.45) is 0. The standard InChI is InChI=1S/C16H25N3OS2/c1-16(2)13-19(10-11-21-16)15(17-3)18-9-12-22(20)14-7-5-4-6-8-14/h4-8H,9-13H2,1-3H3,(H,17,18). The van der Waals surface area contributed by atoms with Crippen LogP contribution in [0, 0.1) is 0 Å². The Balaban J connectivity index is 1.83. The van der Waals surface area contributed by atoms with E-state index in [1.165, 1.54) is 0 Å². The molecule has 1 aromatic rings. The molecule has 1 heterocycles. The molecule has 1 saturated heterocycles. The highest BCUT2D eigenvalue weighted by Gasteiger charge is 2.28. The van der Waals surface area contributed by atoms with Crippen LogP contribution in [-0.2, 0) is 10.8 Å². The van der Waals surface area contributed by atoms with Crippen LogP contribution in [-0.4, -0.2) is 58.0 Å². The highest BCUT2D eigenvalue weighted by atomic mass is 32.2. The molecule has 0 spiro atoms. The molecule has 6 heteroatoms. The third-order valence-corrected chi connectivity index (χ3v) is 6.18. The molecule has 2 rings (SSSR count). The summed E-state index contributed by atoms with van der Waals surface area (Å²) in [5.41, 5.74) is 0. The zero-order chi connectivity index (χ0) is 16.0. The van der Waals surface area contributed by atoms with Gasteiger partial charge in [0, 0.05) is 47.8 Å². The van der Waals surface area contributed by atoms with Crippen molar-refractivity contribution < 1.29 is 4.21 Å². The van der Waals surface area contributed by atoms with Gasteiger partial charge in [0.05, 0.1) is 10.8 Å². The molecule has 1 atom stereocenters. The van der Waals surface area contributed by atoms with E-state index in [9.17, 15) is 4.21 Å². The van der Waals surface area contributed by atoms with Crippen molar-refractivity contribution in [1.29, 1.82) is 0 Å². The van der Waals surface area contributed by atoms with E-state index in [-0.39, 0.29) is 4.75 Å². The van der Waals surface area contributed by atoms with E-state index >= 15 is 0 Å². The quantitative estimate of drug-likeness (QED) is 0.675. The minimum Gasteiger partial charge on any atom is -0.355 e. The molecule has 0 radical (unpaired) electrons. The molecule has 0 amide bonds. The van der Waals surface area contributed by atoms with Crippen molar-refractivity contribution >= 4 is 28.5 Å². The first-order chi connectivity index (χ1) is 10.5. The average molecular weight is 340 g/mol. The van der Waals surface area contributed by atoms with E-state index in [1.807, 2.05) is 49.1 Å². The van der Waals surface area contributed by atoms with Crippen LogP contribution in [0.25, 0.3) is 0 Å². The molecule has 1 aromatic carbocycles. The lowest BCUT2D eigenvalue weighted by Crippen LogP contribution is -2.51. The Hall–Kier alpha value is -1.01. The minimum absolute atomic E-state index is 0.253. The number of benzene rings is 1. The molecule has 4 nitrogen and oxygen atoms in total. The number of thioether (sulfide) groups is 1. The Morgan fingerprint density at radius 1 is 1.41 bits per heavy atom. The van der Waals surface area contributed by atoms with Crippen LogP contribution in [0.4, 0.5) is 0 Å². The van der Waals surface area contributed by atoms with E-state index < -0.39 is 10.8 Å². The molecule has 22 heavy (non-hydrogen) atoms. The third-order valence-electron chi connectivity index (χ3n) is 3.51. The fraction of sp³-hybridized carbons (Fsp3) is 0.562. The van der Waals surface area contributed by atoms with Crippen LogP contribution in [0.1, 0.15) is 13.8 Å². The van der Waals surface area contributed by atoms with Crippen molar-refractivity contribution in [2.24, 2.45) is 4.99 Å². The molecule has 1 unspecified atom stereocenters. The fourth-order valence-electron chi connectivity index (χ4n) is 2.48. The lowest BCUT2D eigenvalue weighted by atomic mass is 10.2. The summed E-state index contributed by atoms with van der Waals surface area (Å²) < 4.78 is 12.5. The normalized spacial score (nSPS) is 19.8. The summed E-state index contributed by atoms with van der Waals surface area (Å²) in [7, 11) is 0.849. The van der Waals surface area contributed by atoms with E-state index in [2.05, 4.69) is 29.1 Å². The van der Waals surface area contributed by atoms with Gasteiger partial charge >= 0.3 is 0 Å². The third kappa shape index (κ3) is 5.02. The molecule has 0 saturated carbocycles. The van der Waals surface area contributed by atoms with E-state index in [0.717, 1.165) is 29.7 Å². The largest absolute Gasteiger partial charge is 0.355 e. The molecule has 1 N–H and O–H groups in total. The van der Waals surface area contributed by atoms with E-state index in [1.54, 1.807) is 0 Å². The number of hydrogen-bond acceptors (Lipinski definition) is 3. The maximum Gasteiger partial charge on any atom is 0.193 e. The maximum absolute atomic E-state index is 12.2. The highest BCUT2D eigenvalue weighted by molar-refractivity contribution is 8.00. The van der Waals surface area contributed by atoms with Crippen molar-refractivity contribution in [3.8, 4) is 0 Å². The first-order valence-corrected chi connectivity index (χ1v) is 9.85. The Kier molecular flexibility index (Phi) is 6.32. The molecule has 0 aliphatic carbocycles. The molecular weight excluding hydrogens is 314 g/mol. The number of aliphatic imine (C=N–C) groups is 1. The number of guanidine groups is 1. The smallest absolute Gasteiger partial charge is 0.193 e. The second-order valence-corrected chi connectivity index (χ2v) is 9.24. The summed E-state index contributed by atoms with van der Waals surface area (Å²) in [6.45, 7) is 7.19. The molecular formula is C16H25N3OS2. The number of hydrogen-bond donors (Lipinski definition) is 1. The Morgan fingerprint density at radius 2 is 2.14 bits per heavy atom. The van der Waals surface area contributed by atoms with Gasteiger partial charge in [-0.05, 0) is 26.0 Å². The van der Waals surface area contributed by atoms with Gasteiger partial charge in [0.15, 0.2) is 5.96 Å². The SMILES string of the molecule is CN=C(NCCS(=O)c1ccccc1)N1CCSC(C)(C)C1. The average Bonchev–Trinajstić information content (AvgIpc) is 2.51. The summed E-state index contributed by atoms with van der Waals surface area (Å²) in [6, 6.07) is 9.61. The second kappa shape index (κ2) is 8.02. The summed E-state index contributed by atoms with van der Waals surface area (Å²) in [5, 5.41) is 3.35. The van der Waals surface area contributed by atoms with Gasteiger partial charge in [-0.1, -0.05) is 18.2 Å². The maximum atomic E-state index is 12.2. The molecule has 0 bridgehead atoms. The van der Waals surface area contributed by atoms with Gasteiger partial charge in [0.25, 0.3) is 0 Å². The van der Waals surface area contributed by atoms with E-state index in [0.29, 0.717) is 12.3 Å². The van der Waals surface area contributed by atoms with Gasteiger partial charge in [-0.3, -0.25) is 9.20 Å². The summed E-state index contributed by atoms with van der Waals surface area (Å²) in [5.74, 6) is 2.62. The van der Waals surface area contributed by atoms with Crippen LogP contribution in [0.5, 0.6) is 0 Å². The Labute approximate surface area is 140 Å². The molecule has 122 valence electrons. The molecule has 1 fully saturated rings. The van der Waals surface area contributed by atoms with Crippen molar-refractivity contribution in [2.75, 3.05) is 38.2 Å². The van der Waals surface area contributed by atoms with Crippen molar-refractivity contribution in [3.63, 3.8) is 0 Å². The van der Waals surface area contributed by atoms with Crippen LogP contribution in [0.2, 0.25) is 0 Å². The molecule has 0 aromatic heterocycles. The van der Waals surface area contributed by atoms with Gasteiger partial charge in [-0.15, -0.1) is 0 Å². The van der Waals surface area contributed by atoms with Gasteiger partial charge in [-0.25, -0.2) is 0 Å². The first kappa shape index (κ1) is 17.3. The van der Waals surface area contributed by atoms with Crippen LogP contribution >= 0.6 is 11.8 Å². The topological polar surface area (TPSA) is 44.7 Å². The van der Waals surface area contributed by atoms with Crippen LogP contribution < -0.4 is 5.32 Å². The Bertz CT molecular complexity index is 531.